The minimum atomic E-state index is -0.944. The van der Waals surface area contributed by atoms with Crippen molar-refractivity contribution in [1.82, 2.24) is 15.1 Å². The zero-order valence-corrected chi connectivity index (χ0v) is 12.4. The molecule has 0 aromatic carbocycles. The number of carboxylic acid groups (broad SMARTS) is 1. The largest absolute Gasteiger partial charge is 0.465 e. The molecule has 1 aliphatic heterocycles. The molecule has 0 saturated heterocycles. The molecule has 1 atom stereocenters. The van der Waals surface area contributed by atoms with E-state index in [-0.39, 0.29) is 5.92 Å². The van der Waals surface area contributed by atoms with Crippen LogP contribution in [0, 0.1) is 11.8 Å². The highest BCUT2D eigenvalue weighted by Gasteiger charge is 2.27. The molecule has 6 nitrogen and oxygen atoms in total. The number of nitrogens with zero attached hydrogens (tertiary/aromatic N) is 3. The van der Waals surface area contributed by atoms with Crippen LogP contribution in [0.2, 0.25) is 0 Å². The zero-order valence-electron chi connectivity index (χ0n) is 12.4. The summed E-state index contributed by atoms with van der Waals surface area (Å²) < 4.78 is 2.01. The quantitative estimate of drug-likeness (QED) is 0.892. The van der Waals surface area contributed by atoms with Crippen LogP contribution in [-0.4, -0.2) is 40.6 Å². The second-order valence-corrected chi connectivity index (χ2v) is 6.33. The van der Waals surface area contributed by atoms with Gasteiger partial charge in [-0.15, -0.1) is 0 Å². The van der Waals surface area contributed by atoms with E-state index in [1.54, 1.807) is 0 Å². The highest BCUT2D eigenvalue weighted by molar-refractivity contribution is 5.64. The van der Waals surface area contributed by atoms with Crippen LogP contribution in [0.4, 0.5) is 10.6 Å². The molecule has 6 heteroatoms. The summed E-state index contributed by atoms with van der Waals surface area (Å²) in [4.78, 5) is 13.1. The molecule has 21 heavy (non-hydrogen) atoms. The Morgan fingerprint density at radius 3 is 2.86 bits per heavy atom. The third-order valence-corrected chi connectivity index (χ3v) is 4.67. The van der Waals surface area contributed by atoms with Crippen molar-refractivity contribution >= 4 is 11.9 Å². The summed E-state index contributed by atoms with van der Waals surface area (Å²) in [7, 11) is 0. The van der Waals surface area contributed by atoms with Gasteiger partial charge in [0, 0.05) is 38.2 Å². The van der Waals surface area contributed by atoms with Crippen LogP contribution < -0.4 is 10.2 Å². The Morgan fingerprint density at radius 2 is 2.10 bits per heavy atom. The van der Waals surface area contributed by atoms with E-state index in [0.29, 0.717) is 6.54 Å². The number of hydrogen-bond donors (Lipinski definition) is 2. The predicted molar refractivity (Wildman–Crippen MR) is 80.5 cm³/mol. The third-order valence-electron chi connectivity index (χ3n) is 4.67. The minimum absolute atomic E-state index is 0.289. The van der Waals surface area contributed by atoms with Gasteiger partial charge in [-0.3, -0.25) is 0 Å². The van der Waals surface area contributed by atoms with Crippen molar-refractivity contribution in [2.45, 2.75) is 38.6 Å². The lowest BCUT2D eigenvalue weighted by molar-refractivity contribution is 0.191. The van der Waals surface area contributed by atoms with E-state index in [2.05, 4.69) is 21.4 Å². The molecule has 2 N–H and O–H groups in total. The fourth-order valence-corrected chi connectivity index (χ4v) is 3.65. The average Bonchev–Trinajstić information content (AvgIpc) is 2.95. The molecule has 0 radical (unpaired) electrons. The monoisotopic (exact) mass is 292 g/mol. The fourth-order valence-electron chi connectivity index (χ4n) is 3.65. The Morgan fingerprint density at radius 1 is 1.29 bits per heavy atom. The van der Waals surface area contributed by atoms with Crippen molar-refractivity contribution in [1.29, 1.82) is 0 Å². The number of aromatic nitrogens is 2. The van der Waals surface area contributed by atoms with Gasteiger partial charge in [0.05, 0.1) is 6.20 Å². The van der Waals surface area contributed by atoms with Gasteiger partial charge in [0.15, 0.2) is 0 Å². The predicted octanol–water partition coefficient (Wildman–Crippen LogP) is 2.17. The molecule has 1 aromatic heterocycles. The van der Waals surface area contributed by atoms with Crippen molar-refractivity contribution in [3.8, 4) is 0 Å². The second-order valence-electron chi connectivity index (χ2n) is 6.33. The van der Waals surface area contributed by atoms with Crippen molar-refractivity contribution in [3.63, 3.8) is 0 Å². The number of rotatable bonds is 4. The average molecular weight is 292 g/mol. The van der Waals surface area contributed by atoms with Gasteiger partial charge >= 0.3 is 6.09 Å². The number of amides is 1. The molecule has 116 valence electrons. The first kappa shape index (κ1) is 14.2. The maximum Gasteiger partial charge on any atom is 0.404 e. The number of hydrogen-bond acceptors (Lipinski definition) is 3. The summed E-state index contributed by atoms with van der Waals surface area (Å²) in [5, 5.41) is 15.7. The van der Waals surface area contributed by atoms with E-state index in [9.17, 15) is 4.79 Å². The topological polar surface area (TPSA) is 70.4 Å². The van der Waals surface area contributed by atoms with Gasteiger partial charge in [-0.05, 0) is 18.8 Å². The Labute approximate surface area is 125 Å². The van der Waals surface area contributed by atoms with Crippen LogP contribution in [0.3, 0.4) is 0 Å². The van der Waals surface area contributed by atoms with E-state index in [1.165, 1.54) is 37.9 Å². The molecule has 2 heterocycles. The smallest absolute Gasteiger partial charge is 0.404 e. The summed E-state index contributed by atoms with van der Waals surface area (Å²) in [6.07, 6.45) is 7.62. The van der Waals surface area contributed by atoms with Crippen LogP contribution in [0.15, 0.2) is 12.3 Å². The Hall–Kier alpha value is -1.72. The van der Waals surface area contributed by atoms with Gasteiger partial charge in [0.2, 0.25) is 0 Å². The molecule has 1 aromatic rings. The zero-order chi connectivity index (χ0) is 14.7. The van der Waals surface area contributed by atoms with E-state index in [1.807, 2.05) is 10.9 Å². The van der Waals surface area contributed by atoms with Gasteiger partial charge < -0.3 is 15.3 Å². The van der Waals surface area contributed by atoms with Crippen molar-refractivity contribution in [3.05, 3.63) is 12.3 Å². The van der Waals surface area contributed by atoms with Gasteiger partial charge in [-0.2, -0.15) is 5.10 Å². The molecule has 2 aliphatic rings. The molecule has 0 bridgehead atoms. The SMILES string of the molecule is O=C(O)NCC1CN(CC2CCCCC2)c2ccnn2C1. The van der Waals surface area contributed by atoms with Crippen LogP contribution in [0.1, 0.15) is 32.1 Å². The van der Waals surface area contributed by atoms with Crippen molar-refractivity contribution in [2.75, 3.05) is 24.5 Å². The first-order chi connectivity index (χ1) is 10.2. The minimum Gasteiger partial charge on any atom is -0.465 e. The Kier molecular flexibility index (Phi) is 4.31. The van der Waals surface area contributed by atoms with Gasteiger partial charge in [-0.25, -0.2) is 9.48 Å². The van der Waals surface area contributed by atoms with Crippen LogP contribution in [0.5, 0.6) is 0 Å². The number of anilines is 1. The Balaban J connectivity index is 1.65. The number of nitrogens with one attached hydrogen (secondary N) is 1. The number of carbonyl (C=O) groups is 1. The van der Waals surface area contributed by atoms with Gasteiger partial charge in [0.1, 0.15) is 5.82 Å². The lowest BCUT2D eigenvalue weighted by Gasteiger charge is -2.37. The molecule has 1 aliphatic carbocycles. The molecule has 1 fully saturated rings. The van der Waals surface area contributed by atoms with Crippen LogP contribution >= 0.6 is 0 Å². The summed E-state index contributed by atoms with van der Waals surface area (Å²) in [5.41, 5.74) is 0. The van der Waals surface area contributed by atoms with E-state index in [0.717, 1.165) is 25.6 Å². The molecular weight excluding hydrogens is 268 g/mol. The summed E-state index contributed by atoms with van der Waals surface area (Å²) in [6, 6.07) is 2.07. The maximum atomic E-state index is 10.7. The number of fused-ring (bicyclic) bond motifs is 1. The van der Waals surface area contributed by atoms with Crippen molar-refractivity contribution < 1.29 is 9.90 Å². The first-order valence-electron chi connectivity index (χ1n) is 7.96. The van der Waals surface area contributed by atoms with E-state index >= 15 is 0 Å². The van der Waals surface area contributed by atoms with Crippen molar-refractivity contribution in [2.24, 2.45) is 11.8 Å². The highest BCUT2D eigenvalue weighted by atomic mass is 16.4. The first-order valence-corrected chi connectivity index (χ1v) is 7.96. The highest BCUT2D eigenvalue weighted by Crippen LogP contribution is 2.29. The maximum absolute atomic E-state index is 10.7. The third kappa shape index (κ3) is 3.49. The summed E-state index contributed by atoms with van der Waals surface area (Å²) >= 11 is 0. The second kappa shape index (κ2) is 6.37. The molecule has 1 saturated carbocycles. The van der Waals surface area contributed by atoms with Gasteiger partial charge in [0.25, 0.3) is 0 Å². The molecule has 1 amide bonds. The standard InChI is InChI=1S/C15H24N4O2/c20-15(21)16-8-13-10-18(9-12-4-2-1-3-5-12)14-6-7-17-19(14)11-13/h6-7,12-13,16H,1-5,8-11H2,(H,20,21). The Bertz CT molecular complexity index is 482. The van der Waals surface area contributed by atoms with Crippen LogP contribution in [-0.2, 0) is 6.54 Å². The van der Waals surface area contributed by atoms with E-state index in [4.69, 9.17) is 5.11 Å². The van der Waals surface area contributed by atoms with Crippen LogP contribution in [0.25, 0.3) is 0 Å². The lowest BCUT2D eigenvalue weighted by Crippen LogP contribution is -2.45. The normalized spacial score (nSPS) is 22.9. The summed E-state index contributed by atoms with van der Waals surface area (Å²) in [5.74, 6) is 2.25. The fraction of sp³-hybridized carbons (Fsp3) is 0.733. The molecular formula is C15H24N4O2. The molecule has 3 rings (SSSR count). The van der Waals surface area contributed by atoms with E-state index < -0.39 is 6.09 Å². The lowest BCUT2D eigenvalue weighted by atomic mass is 9.88. The summed E-state index contributed by atoms with van der Waals surface area (Å²) in [6.45, 7) is 3.29. The molecule has 1 unspecified atom stereocenters. The van der Waals surface area contributed by atoms with Gasteiger partial charge in [-0.1, -0.05) is 19.3 Å². The molecule has 0 spiro atoms.